The van der Waals surface area contributed by atoms with Crippen LogP contribution >= 0.6 is 11.3 Å². The normalized spacial score (nSPS) is 20.2. The van der Waals surface area contributed by atoms with E-state index >= 15 is 0 Å². The minimum atomic E-state index is -1.56. The number of nitrogen functional groups attached to an aromatic ring is 1. The van der Waals surface area contributed by atoms with E-state index in [0.717, 1.165) is 0 Å². The molecule has 0 spiro atoms. The molecule has 4 aromatic rings. The summed E-state index contributed by atoms with van der Waals surface area (Å²) >= 11 is 1.21. The molecule has 1 aliphatic heterocycles. The Morgan fingerprint density at radius 1 is 0.978 bits per heavy atom. The van der Waals surface area contributed by atoms with Crippen LogP contribution < -0.4 is 27.3 Å². The van der Waals surface area contributed by atoms with Crippen LogP contribution in [-0.4, -0.2) is 47.4 Å². The first kappa shape index (κ1) is 30.6. The van der Waals surface area contributed by atoms with Gasteiger partial charge in [-0.05, 0) is 75.1 Å². The van der Waals surface area contributed by atoms with Crippen molar-refractivity contribution in [3.8, 4) is 11.5 Å². The number of benzene rings is 3. The third kappa shape index (κ3) is 5.63. The number of thiophene rings is 1. The van der Waals surface area contributed by atoms with E-state index in [2.05, 4.69) is 5.32 Å². The molecule has 0 radical (unpaired) electrons. The molecule has 0 bridgehead atoms. The van der Waals surface area contributed by atoms with Crippen molar-refractivity contribution in [3.63, 3.8) is 0 Å². The van der Waals surface area contributed by atoms with E-state index in [4.69, 9.17) is 26.7 Å². The van der Waals surface area contributed by atoms with Crippen molar-refractivity contribution in [1.82, 2.24) is 10.2 Å². The zero-order chi connectivity index (χ0) is 32.1. The van der Waals surface area contributed by atoms with Crippen LogP contribution in [0.5, 0.6) is 11.5 Å². The number of anilines is 1. The molecular formula is C34H37N5O5S. The van der Waals surface area contributed by atoms with Crippen molar-refractivity contribution < 1.29 is 23.9 Å². The van der Waals surface area contributed by atoms with Crippen LogP contribution in [0.4, 0.5) is 10.5 Å². The molecule has 1 aliphatic carbocycles. The largest absolute Gasteiger partial charge is 0.457 e. The highest BCUT2D eigenvalue weighted by Crippen LogP contribution is 2.49. The average molecular weight is 628 g/mol. The van der Waals surface area contributed by atoms with Crippen LogP contribution in [-0.2, 0) is 15.1 Å². The first-order valence-electron chi connectivity index (χ1n) is 14.9. The molecule has 1 saturated heterocycles. The molecular weight excluding hydrogens is 590 g/mol. The number of para-hydroxylation sites is 1. The van der Waals surface area contributed by atoms with E-state index in [1.807, 2.05) is 51.1 Å². The Bertz CT molecular complexity index is 1770. The van der Waals surface area contributed by atoms with E-state index in [0.29, 0.717) is 74.8 Å². The summed E-state index contributed by atoms with van der Waals surface area (Å²) in [6, 6.07) is 18.6. The van der Waals surface area contributed by atoms with Gasteiger partial charge < -0.3 is 36.9 Å². The maximum atomic E-state index is 14.1. The van der Waals surface area contributed by atoms with Gasteiger partial charge in [-0.2, -0.15) is 0 Å². The molecule has 7 N–H and O–H groups in total. The van der Waals surface area contributed by atoms with Crippen molar-refractivity contribution in [2.75, 3.05) is 18.8 Å². The zero-order valence-electron chi connectivity index (χ0n) is 25.5. The molecule has 2 aliphatic rings. The summed E-state index contributed by atoms with van der Waals surface area (Å²) in [5.41, 5.74) is 19.9. The van der Waals surface area contributed by atoms with Gasteiger partial charge in [-0.3, -0.25) is 9.59 Å². The van der Waals surface area contributed by atoms with Crippen molar-refractivity contribution >= 4 is 44.9 Å². The number of hydrogen-bond donors (Lipinski definition) is 4. The summed E-state index contributed by atoms with van der Waals surface area (Å²) in [5, 5.41) is 3.74. The van der Waals surface area contributed by atoms with Crippen molar-refractivity contribution in [3.05, 3.63) is 88.3 Å². The molecule has 0 saturated carbocycles. The molecule has 2 heterocycles. The van der Waals surface area contributed by atoms with Gasteiger partial charge in [-0.1, -0.05) is 36.4 Å². The number of amides is 2. The van der Waals surface area contributed by atoms with Crippen molar-refractivity contribution in [2.45, 2.75) is 56.8 Å². The topological polar surface area (TPSA) is 163 Å². The number of carbonyl (C=O) groups excluding carboxylic acids is 3. The summed E-state index contributed by atoms with van der Waals surface area (Å²) in [6.07, 6.45) is 0.774. The molecule has 2 amide bonds. The van der Waals surface area contributed by atoms with Crippen LogP contribution in [0.1, 0.15) is 66.0 Å². The van der Waals surface area contributed by atoms with E-state index in [-0.39, 0.29) is 18.0 Å². The molecule has 234 valence electrons. The summed E-state index contributed by atoms with van der Waals surface area (Å²) in [6.45, 7) is 6.40. The van der Waals surface area contributed by atoms with Crippen LogP contribution in [0.25, 0.3) is 10.1 Å². The fraction of sp³-hybridized carbons (Fsp3) is 0.324. The maximum absolute atomic E-state index is 14.1. The Labute approximate surface area is 265 Å². The van der Waals surface area contributed by atoms with E-state index in [1.165, 1.54) is 11.3 Å². The predicted molar refractivity (Wildman–Crippen MR) is 174 cm³/mol. The number of ketones is 1. The zero-order valence-corrected chi connectivity index (χ0v) is 26.3. The highest BCUT2D eigenvalue weighted by atomic mass is 32.1. The first-order chi connectivity index (χ1) is 21.4. The second-order valence-corrected chi connectivity index (χ2v) is 13.6. The average Bonchev–Trinajstić information content (AvgIpc) is 3.42. The molecule has 1 aromatic heterocycles. The lowest BCUT2D eigenvalue weighted by molar-refractivity contribution is -0.124. The van der Waals surface area contributed by atoms with Crippen molar-refractivity contribution in [1.29, 1.82) is 0 Å². The van der Waals surface area contributed by atoms with Gasteiger partial charge in [0.25, 0.3) is 5.91 Å². The summed E-state index contributed by atoms with van der Waals surface area (Å²) in [5.74, 6) is 0.528. The van der Waals surface area contributed by atoms with Crippen LogP contribution in [0.3, 0.4) is 0 Å². The molecule has 1 fully saturated rings. The highest BCUT2D eigenvalue weighted by Gasteiger charge is 2.49. The fourth-order valence-corrected chi connectivity index (χ4v) is 7.24. The molecule has 3 aromatic carbocycles. The second kappa shape index (κ2) is 11.5. The smallest absolute Gasteiger partial charge is 0.410 e. The lowest BCUT2D eigenvalue weighted by Gasteiger charge is -2.36. The van der Waals surface area contributed by atoms with Crippen LogP contribution in [0.15, 0.2) is 66.7 Å². The van der Waals surface area contributed by atoms with Gasteiger partial charge >= 0.3 is 6.09 Å². The number of nitrogens with one attached hydrogen (secondary N) is 1. The maximum Gasteiger partial charge on any atom is 0.410 e. The van der Waals surface area contributed by atoms with E-state index in [9.17, 15) is 14.4 Å². The molecule has 11 heteroatoms. The van der Waals surface area contributed by atoms with E-state index in [1.54, 1.807) is 41.3 Å². The van der Waals surface area contributed by atoms with Gasteiger partial charge in [0, 0.05) is 35.8 Å². The number of hydrogen-bond acceptors (Lipinski definition) is 9. The number of likely N-dealkylation sites (tertiary alicyclic amines) is 1. The third-order valence-corrected chi connectivity index (χ3v) is 9.54. The molecule has 45 heavy (non-hydrogen) atoms. The minimum absolute atomic E-state index is 0.161. The van der Waals surface area contributed by atoms with Crippen LogP contribution in [0.2, 0.25) is 0 Å². The Hall–Kier alpha value is -4.45. The van der Waals surface area contributed by atoms with Gasteiger partial charge in [0.05, 0.1) is 15.6 Å². The fourth-order valence-electron chi connectivity index (χ4n) is 6.04. The van der Waals surface area contributed by atoms with Gasteiger partial charge in [-0.15, -0.1) is 11.3 Å². The monoisotopic (exact) mass is 627 g/mol. The van der Waals surface area contributed by atoms with Crippen LogP contribution in [0, 0.1) is 0 Å². The number of nitrogens with zero attached hydrogens (tertiary/aromatic N) is 1. The number of nitrogens with two attached hydrogens (primary N) is 3. The number of rotatable bonds is 5. The number of Topliss-reactive ketones (excluding diaryl/α,β-unsaturated/α-hetero) is 1. The second-order valence-electron chi connectivity index (χ2n) is 12.6. The predicted octanol–water partition coefficient (Wildman–Crippen LogP) is 5.19. The summed E-state index contributed by atoms with van der Waals surface area (Å²) < 4.78 is 12.1. The minimum Gasteiger partial charge on any atom is -0.457 e. The molecule has 2 atom stereocenters. The molecule has 10 nitrogen and oxygen atoms in total. The number of piperidine rings is 1. The Morgan fingerprint density at radius 2 is 1.62 bits per heavy atom. The molecule has 6 rings (SSSR count). The van der Waals surface area contributed by atoms with Gasteiger partial charge in [-0.25, -0.2) is 4.79 Å². The summed E-state index contributed by atoms with van der Waals surface area (Å²) in [7, 11) is 0. The van der Waals surface area contributed by atoms with Gasteiger partial charge in [0.15, 0.2) is 5.78 Å². The standard InChI is InChI=1S/C34H37N5O5S/c1-33(2,3)44-32(42)39-17-15-20(16-18-39)38-31(41)29-26-25-23(13-14-24(35)28(25)45-29)34(37,30(40)27(26)36)19-9-11-22(12-10-19)43-21-7-5-4-6-8-21/h4-14,20,27H,15-18,35-37H2,1-3H3,(H,38,41). The lowest BCUT2D eigenvalue weighted by Crippen LogP contribution is -2.52. The van der Waals surface area contributed by atoms with Crippen molar-refractivity contribution in [2.24, 2.45) is 11.5 Å². The SMILES string of the molecule is CC(C)(C)OC(=O)N1CCC(NC(=O)c2sc3c(N)ccc4c3c2C(N)C(=O)C4(N)c2ccc(Oc3ccccc3)cc2)CC1. The lowest BCUT2D eigenvalue weighted by atomic mass is 9.70. The molecule has 2 unspecified atom stereocenters. The number of ether oxygens (including phenoxy) is 2. The Kier molecular flexibility index (Phi) is 7.80. The van der Waals surface area contributed by atoms with E-state index < -0.39 is 23.0 Å². The third-order valence-electron chi connectivity index (χ3n) is 8.29. The van der Waals surface area contributed by atoms with Gasteiger partial charge in [0.2, 0.25) is 0 Å². The summed E-state index contributed by atoms with van der Waals surface area (Å²) in [4.78, 5) is 42.3. The Balaban J connectivity index is 1.27. The number of carbonyl (C=O) groups is 3. The van der Waals surface area contributed by atoms with Gasteiger partial charge in [0.1, 0.15) is 22.6 Å². The Morgan fingerprint density at radius 3 is 2.27 bits per heavy atom. The highest BCUT2D eigenvalue weighted by molar-refractivity contribution is 7.21. The first-order valence-corrected chi connectivity index (χ1v) is 15.7. The quantitative estimate of drug-likeness (QED) is 0.220.